The highest BCUT2D eigenvalue weighted by Gasteiger charge is 2.11. The number of nitrogens with zero attached hydrogens (tertiary/aromatic N) is 1. The minimum atomic E-state index is 0.619. The van der Waals surface area contributed by atoms with Crippen LogP contribution in [0, 0.1) is 19.8 Å². The molecule has 0 spiro atoms. The van der Waals surface area contributed by atoms with Crippen molar-refractivity contribution in [2.45, 2.75) is 39.5 Å². The smallest absolute Gasteiger partial charge is 0.226 e. The van der Waals surface area contributed by atoms with Gasteiger partial charge >= 0.3 is 0 Å². The highest BCUT2D eigenvalue weighted by molar-refractivity contribution is 7.81. The van der Waals surface area contributed by atoms with Crippen molar-refractivity contribution in [3.63, 3.8) is 0 Å². The summed E-state index contributed by atoms with van der Waals surface area (Å²) >= 11 is 8.72. The monoisotopic (exact) mass is 335 g/mol. The number of rotatable bonds is 8. The Bertz CT molecular complexity index is 573. The predicted octanol–water partition coefficient (Wildman–Crippen LogP) is 5.15. The molecule has 2 aromatic rings. The van der Waals surface area contributed by atoms with E-state index in [-0.39, 0.29) is 0 Å². The van der Waals surface area contributed by atoms with Crippen molar-refractivity contribution in [2.75, 3.05) is 11.5 Å². The van der Waals surface area contributed by atoms with Crippen LogP contribution in [0.15, 0.2) is 28.7 Å². The second kappa shape index (κ2) is 8.68. The van der Waals surface area contributed by atoms with E-state index in [4.69, 9.17) is 4.42 Å². The number of hydrogen-bond donors (Lipinski definition) is 2. The third kappa shape index (κ3) is 4.82. The third-order valence-corrected chi connectivity index (χ3v) is 5.02. The highest BCUT2D eigenvalue weighted by atomic mass is 32.1. The van der Waals surface area contributed by atoms with Crippen LogP contribution >= 0.6 is 25.3 Å². The SMILES string of the molecule is Cc1ccc(-c2nc(CCCCC(CS)CS)c(C)o2)cc1. The molecule has 0 aliphatic rings. The third-order valence-electron chi connectivity index (χ3n) is 3.98. The molecule has 0 aliphatic carbocycles. The van der Waals surface area contributed by atoms with Crippen molar-refractivity contribution in [1.82, 2.24) is 4.98 Å². The van der Waals surface area contributed by atoms with Crippen LogP contribution in [0.2, 0.25) is 0 Å². The lowest BCUT2D eigenvalue weighted by molar-refractivity contribution is 0.532. The van der Waals surface area contributed by atoms with Gasteiger partial charge in [-0.1, -0.05) is 24.1 Å². The van der Waals surface area contributed by atoms with Crippen LogP contribution in [0.4, 0.5) is 0 Å². The van der Waals surface area contributed by atoms with Crippen LogP contribution < -0.4 is 0 Å². The van der Waals surface area contributed by atoms with Gasteiger partial charge < -0.3 is 4.42 Å². The summed E-state index contributed by atoms with van der Waals surface area (Å²) < 4.78 is 5.83. The second-order valence-corrected chi connectivity index (χ2v) is 6.60. The van der Waals surface area contributed by atoms with Crippen LogP contribution in [0.3, 0.4) is 0 Å². The van der Waals surface area contributed by atoms with Crippen LogP contribution in [-0.2, 0) is 6.42 Å². The number of oxazole rings is 1. The topological polar surface area (TPSA) is 26.0 Å². The summed E-state index contributed by atoms with van der Waals surface area (Å²) in [6.45, 7) is 4.09. The number of benzene rings is 1. The fraction of sp³-hybridized carbons (Fsp3) is 0.500. The lowest BCUT2D eigenvalue weighted by Gasteiger charge is -2.09. The van der Waals surface area contributed by atoms with E-state index in [2.05, 4.69) is 61.4 Å². The van der Waals surface area contributed by atoms with E-state index in [1.54, 1.807) is 0 Å². The molecule has 1 heterocycles. The summed E-state index contributed by atoms with van der Waals surface area (Å²) in [5.41, 5.74) is 3.38. The average Bonchev–Trinajstić information content (AvgIpc) is 2.89. The molecule has 0 saturated carbocycles. The maximum atomic E-state index is 5.83. The fourth-order valence-electron chi connectivity index (χ4n) is 2.45. The van der Waals surface area contributed by atoms with Gasteiger partial charge in [0.25, 0.3) is 0 Å². The molecule has 0 atom stereocenters. The largest absolute Gasteiger partial charge is 0.441 e. The Balaban J connectivity index is 1.91. The minimum Gasteiger partial charge on any atom is -0.441 e. The molecule has 2 rings (SSSR count). The molecule has 0 N–H and O–H groups in total. The maximum Gasteiger partial charge on any atom is 0.226 e. The van der Waals surface area contributed by atoms with Crippen molar-refractivity contribution < 1.29 is 4.42 Å². The quantitative estimate of drug-likeness (QED) is 0.515. The predicted molar refractivity (Wildman–Crippen MR) is 100 cm³/mol. The Morgan fingerprint density at radius 3 is 2.36 bits per heavy atom. The first-order valence-corrected chi connectivity index (χ1v) is 9.15. The standard InChI is InChI=1S/C18H25NOS2/c1-13-7-9-16(10-8-13)18-19-17(14(2)20-18)6-4-3-5-15(11-21)12-22/h7-10,15,21-22H,3-6,11-12H2,1-2H3. The van der Waals surface area contributed by atoms with Gasteiger partial charge in [-0.3, -0.25) is 0 Å². The van der Waals surface area contributed by atoms with E-state index < -0.39 is 0 Å². The lowest BCUT2D eigenvalue weighted by Crippen LogP contribution is -2.04. The molecule has 0 radical (unpaired) electrons. The zero-order valence-corrected chi connectivity index (χ0v) is 15.2. The second-order valence-electron chi connectivity index (χ2n) is 5.86. The van der Waals surface area contributed by atoms with Gasteiger partial charge in [-0.15, -0.1) is 0 Å². The van der Waals surface area contributed by atoms with Crippen LogP contribution in [-0.4, -0.2) is 16.5 Å². The van der Waals surface area contributed by atoms with Crippen molar-refractivity contribution in [1.29, 1.82) is 0 Å². The molecule has 0 bridgehead atoms. The molecule has 2 nitrogen and oxygen atoms in total. The summed E-state index contributed by atoms with van der Waals surface area (Å²) in [7, 11) is 0. The number of aryl methyl sites for hydroxylation is 3. The first-order chi connectivity index (χ1) is 10.6. The first kappa shape index (κ1) is 17.5. The summed E-state index contributed by atoms with van der Waals surface area (Å²) in [5, 5.41) is 0. The molecule has 0 fully saturated rings. The zero-order valence-electron chi connectivity index (χ0n) is 13.4. The van der Waals surface area contributed by atoms with Gasteiger partial charge in [-0.05, 0) is 62.7 Å². The zero-order chi connectivity index (χ0) is 15.9. The molecule has 0 amide bonds. The molecular formula is C18H25NOS2. The van der Waals surface area contributed by atoms with Crippen molar-refractivity contribution in [2.24, 2.45) is 5.92 Å². The van der Waals surface area contributed by atoms with Crippen LogP contribution in [0.25, 0.3) is 11.5 Å². The van der Waals surface area contributed by atoms with Gasteiger partial charge in [0.2, 0.25) is 5.89 Å². The summed E-state index contributed by atoms with van der Waals surface area (Å²) in [6.07, 6.45) is 4.50. The van der Waals surface area contributed by atoms with E-state index in [1.165, 1.54) is 18.4 Å². The van der Waals surface area contributed by atoms with E-state index in [1.807, 2.05) is 6.92 Å². The van der Waals surface area contributed by atoms with Gasteiger partial charge in [-0.25, -0.2) is 4.98 Å². The highest BCUT2D eigenvalue weighted by Crippen LogP contribution is 2.23. The Morgan fingerprint density at radius 1 is 1.05 bits per heavy atom. The van der Waals surface area contributed by atoms with Gasteiger partial charge in [-0.2, -0.15) is 25.3 Å². The van der Waals surface area contributed by atoms with Gasteiger partial charge in [0.1, 0.15) is 5.76 Å². The Hall–Kier alpha value is -0.870. The van der Waals surface area contributed by atoms with Crippen molar-refractivity contribution in [3.05, 3.63) is 41.3 Å². The van der Waals surface area contributed by atoms with E-state index >= 15 is 0 Å². The number of aromatic nitrogens is 1. The van der Waals surface area contributed by atoms with E-state index in [0.29, 0.717) is 5.92 Å². The fourth-order valence-corrected chi connectivity index (χ4v) is 3.27. The molecule has 1 aromatic carbocycles. The lowest BCUT2D eigenvalue weighted by atomic mass is 10.0. The molecule has 22 heavy (non-hydrogen) atoms. The van der Waals surface area contributed by atoms with Crippen molar-refractivity contribution in [3.8, 4) is 11.5 Å². The number of hydrogen-bond acceptors (Lipinski definition) is 4. The number of unbranched alkanes of at least 4 members (excludes halogenated alkanes) is 1. The average molecular weight is 336 g/mol. The van der Waals surface area contributed by atoms with Gasteiger partial charge in [0, 0.05) is 5.56 Å². The minimum absolute atomic E-state index is 0.619. The first-order valence-electron chi connectivity index (χ1n) is 7.89. The Labute approximate surface area is 144 Å². The number of thiol groups is 2. The van der Waals surface area contributed by atoms with Crippen LogP contribution in [0.5, 0.6) is 0 Å². The molecule has 4 heteroatoms. The molecular weight excluding hydrogens is 310 g/mol. The summed E-state index contributed by atoms with van der Waals surface area (Å²) in [5.74, 6) is 4.13. The Morgan fingerprint density at radius 2 is 1.73 bits per heavy atom. The molecule has 0 unspecified atom stereocenters. The molecule has 0 aliphatic heterocycles. The van der Waals surface area contributed by atoms with E-state index in [0.717, 1.165) is 47.3 Å². The van der Waals surface area contributed by atoms with E-state index in [9.17, 15) is 0 Å². The molecule has 0 saturated heterocycles. The summed E-state index contributed by atoms with van der Waals surface area (Å²) in [4.78, 5) is 4.67. The molecule has 1 aromatic heterocycles. The van der Waals surface area contributed by atoms with Crippen molar-refractivity contribution >= 4 is 25.3 Å². The Kier molecular flexibility index (Phi) is 6.90. The summed E-state index contributed by atoms with van der Waals surface area (Å²) in [6, 6.07) is 8.30. The van der Waals surface area contributed by atoms with Gasteiger partial charge in [0.05, 0.1) is 5.69 Å². The normalized spacial score (nSPS) is 11.3. The van der Waals surface area contributed by atoms with Gasteiger partial charge in [0.15, 0.2) is 0 Å². The molecule has 120 valence electrons. The van der Waals surface area contributed by atoms with Crippen LogP contribution in [0.1, 0.15) is 36.3 Å². The maximum absolute atomic E-state index is 5.83.